The second kappa shape index (κ2) is 5.30. The molecule has 2 aromatic rings. The van der Waals surface area contributed by atoms with Gasteiger partial charge in [-0.25, -0.2) is 0 Å². The second-order valence-electron chi connectivity index (χ2n) is 4.67. The van der Waals surface area contributed by atoms with E-state index in [0.29, 0.717) is 11.3 Å². The minimum atomic E-state index is -0.285. The van der Waals surface area contributed by atoms with Crippen LogP contribution < -0.4 is 10.5 Å². The molecule has 1 atom stereocenters. The Labute approximate surface area is 135 Å². The third kappa shape index (κ3) is 2.32. The van der Waals surface area contributed by atoms with Gasteiger partial charge in [0.25, 0.3) is 0 Å². The number of phenols is 1. The molecular weight excluding hydrogens is 379 g/mol. The number of hydrogen-bond acceptors (Lipinski definition) is 4. The summed E-state index contributed by atoms with van der Waals surface area (Å²) in [6.07, 6.45) is 0. The smallest absolute Gasteiger partial charge is 0.205 e. The minimum absolute atomic E-state index is 0.0836. The molecule has 1 aliphatic rings. The van der Waals surface area contributed by atoms with Crippen molar-refractivity contribution in [1.82, 2.24) is 0 Å². The molecule has 1 heterocycles. The molecule has 3 N–H and O–H groups in total. The van der Waals surface area contributed by atoms with Gasteiger partial charge in [0.2, 0.25) is 5.88 Å². The minimum Gasteiger partial charge on any atom is -0.508 e. The van der Waals surface area contributed by atoms with Gasteiger partial charge < -0.3 is 15.6 Å². The predicted octanol–water partition coefficient (Wildman–Crippen LogP) is 3.21. The number of fused-ring (bicyclic) bond motifs is 1. The van der Waals surface area contributed by atoms with Crippen LogP contribution in [0.5, 0.6) is 11.5 Å². The summed E-state index contributed by atoms with van der Waals surface area (Å²) in [5, 5.41) is 19.1. The molecule has 0 saturated heterocycles. The Bertz CT molecular complexity index is 793. The zero-order valence-corrected chi connectivity index (χ0v) is 13.0. The van der Waals surface area contributed by atoms with E-state index in [9.17, 15) is 10.4 Å². The molecule has 0 saturated carbocycles. The highest BCUT2D eigenvalue weighted by atomic mass is 127. The molecule has 104 valence electrons. The normalized spacial score (nSPS) is 16.9. The van der Waals surface area contributed by atoms with Crippen LogP contribution in [0.1, 0.15) is 17.0 Å². The number of nitrogens with two attached hydrogens (primary N) is 1. The van der Waals surface area contributed by atoms with Crippen molar-refractivity contribution in [3.05, 3.63) is 68.6 Å². The average Bonchev–Trinajstić information content (AvgIpc) is 2.46. The van der Waals surface area contributed by atoms with Crippen LogP contribution in [0.4, 0.5) is 0 Å². The first kappa shape index (κ1) is 13.8. The summed E-state index contributed by atoms with van der Waals surface area (Å²) < 4.78 is 6.52. The summed E-state index contributed by atoms with van der Waals surface area (Å²) >= 11 is 2.24. The van der Waals surface area contributed by atoms with Crippen LogP contribution in [0.3, 0.4) is 0 Å². The molecule has 2 aromatic carbocycles. The van der Waals surface area contributed by atoms with Crippen LogP contribution in [0, 0.1) is 14.9 Å². The summed E-state index contributed by atoms with van der Waals surface area (Å²) in [4.78, 5) is 0. The molecule has 3 rings (SSSR count). The Kier molecular flexibility index (Phi) is 3.47. The van der Waals surface area contributed by atoms with E-state index < -0.39 is 0 Å². The largest absolute Gasteiger partial charge is 0.508 e. The van der Waals surface area contributed by atoms with E-state index in [4.69, 9.17) is 10.5 Å². The fourth-order valence-electron chi connectivity index (χ4n) is 2.47. The summed E-state index contributed by atoms with van der Waals surface area (Å²) in [6, 6.07) is 14.8. The number of rotatable bonds is 1. The number of benzene rings is 2. The molecule has 21 heavy (non-hydrogen) atoms. The Balaban J connectivity index is 2.27. The van der Waals surface area contributed by atoms with E-state index in [0.717, 1.165) is 14.7 Å². The Morgan fingerprint density at radius 3 is 2.67 bits per heavy atom. The van der Waals surface area contributed by atoms with Crippen LogP contribution in [-0.4, -0.2) is 5.11 Å². The molecule has 4 nitrogen and oxygen atoms in total. The third-order valence-corrected chi connectivity index (χ3v) is 4.40. The van der Waals surface area contributed by atoms with E-state index in [-0.39, 0.29) is 17.6 Å². The van der Waals surface area contributed by atoms with E-state index in [1.54, 1.807) is 12.1 Å². The second-order valence-corrected chi connectivity index (χ2v) is 5.83. The van der Waals surface area contributed by atoms with Gasteiger partial charge in [0.1, 0.15) is 23.1 Å². The molecule has 0 amide bonds. The van der Waals surface area contributed by atoms with Crippen molar-refractivity contribution in [2.24, 2.45) is 5.73 Å². The van der Waals surface area contributed by atoms with E-state index in [2.05, 4.69) is 28.7 Å². The standard InChI is InChI=1S/C16H11IN2O2/c17-13-4-2-1-3-10(13)15-11-6-5-9(20)7-14(11)21-16(19)12(15)8-18/h1-7,15,20H,19H2. The fourth-order valence-corrected chi connectivity index (χ4v) is 3.17. The maximum atomic E-state index is 9.61. The van der Waals surface area contributed by atoms with Crippen LogP contribution in [0.25, 0.3) is 0 Å². The highest BCUT2D eigenvalue weighted by Crippen LogP contribution is 2.44. The number of hydrogen-bond donors (Lipinski definition) is 2. The van der Waals surface area contributed by atoms with Crippen molar-refractivity contribution in [3.63, 3.8) is 0 Å². The first-order valence-corrected chi connectivity index (χ1v) is 7.34. The number of phenolic OH excluding ortho intramolecular Hbond substituents is 1. The van der Waals surface area contributed by atoms with Crippen LogP contribution in [0.2, 0.25) is 0 Å². The summed E-state index contributed by atoms with van der Waals surface area (Å²) in [6.45, 7) is 0. The molecule has 1 unspecified atom stereocenters. The lowest BCUT2D eigenvalue weighted by Gasteiger charge is -2.27. The van der Waals surface area contributed by atoms with Gasteiger partial charge in [0.05, 0.1) is 5.92 Å². The summed E-state index contributed by atoms with van der Waals surface area (Å²) in [5.74, 6) is 0.382. The number of allylic oxidation sites excluding steroid dienone is 1. The summed E-state index contributed by atoms with van der Waals surface area (Å²) in [5.41, 5.74) is 8.08. The van der Waals surface area contributed by atoms with Gasteiger partial charge in [0.15, 0.2) is 0 Å². The quantitative estimate of drug-likeness (QED) is 0.733. The SMILES string of the molecule is N#CC1=C(N)Oc2cc(O)ccc2C1c1ccccc1I. The van der Waals surface area contributed by atoms with Gasteiger partial charge in [-0.1, -0.05) is 24.3 Å². The molecule has 0 fully saturated rings. The molecule has 0 aromatic heterocycles. The molecule has 5 heteroatoms. The van der Waals surface area contributed by atoms with E-state index in [1.807, 2.05) is 24.3 Å². The monoisotopic (exact) mass is 390 g/mol. The van der Waals surface area contributed by atoms with Gasteiger partial charge in [-0.05, 0) is 40.3 Å². The Morgan fingerprint density at radius 1 is 1.19 bits per heavy atom. The number of nitriles is 1. The zero-order valence-electron chi connectivity index (χ0n) is 10.9. The summed E-state index contributed by atoms with van der Waals surface area (Å²) in [7, 11) is 0. The van der Waals surface area contributed by atoms with Crippen molar-refractivity contribution in [2.45, 2.75) is 5.92 Å². The molecule has 0 spiro atoms. The van der Waals surface area contributed by atoms with Crippen molar-refractivity contribution >= 4 is 22.6 Å². The number of halogens is 1. The number of ether oxygens (including phenoxy) is 1. The zero-order chi connectivity index (χ0) is 15.0. The van der Waals surface area contributed by atoms with Gasteiger partial charge in [-0.15, -0.1) is 0 Å². The Morgan fingerprint density at radius 2 is 1.95 bits per heavy atom. The van der Waals surface area contributed by atoms with Gasteiger partial charge in [-0.2, -0.15) is 5.26 Å². The van der Waals surface area contributed by atoms with Crippen LogP contribution >= 0.6 is 22.6 Å². The highest BCUT2D eigenvalue weighted by molar-refractivity contribution is 14.1. The topological polar surface area (TPSA) is 79.3 Å². The first-order valence-electron chi connectivity index (χ1n) is 6.26. The lowest BCUT2D eigenvalue weighted by atomic mass is 9.83. The maximum absolute atomic E-state index is 9.61. The van der Waals surface area contributed by atoms with Gasteiger partial charge in [0, 0.05) is 15.2 Å². The molecule has 1 aliphatic heterocycles. The maximum Gasteiger partial charge on any atom is 0.205 e. The Hall–Kier alpha value is -2.20. The molecule has 0 aliphatic carbocycles. The van der Waals surface area contributed by atoms with Crippen molar-refractivity contribution < 1.29 is 9.84 Å². The third-order valence-electron chi connectivity index (χ3n) is 3.42. The van der Waals surface area contributed by atoms with Crippen molar-refractivity contribution in [3.8, 4) is 17.6 Å². The number of aromatic hydroxyl groups is 1. The average molecular weight is 390 g/mol. The van der Waals surface area contributed by atoms with Gasteiger partial charge in [-0.3, -0.25) is 0 Å². The molecule has 0 bridgehead atoms. The van der Waals surface area contributed by atoms with Gasteiger partial charge >= 0.3 is 0 Å². The number of nitrogens with zero attached hydrogens (tertiary/aromatic N) is 1. The molecule has 0 radical (unpaired) electrons. The molecular formula is C16H11IN2O2. The van der Waals surface area contributed by atoms with E-state index in [1.165, 1.54) is 6.07 Å². The van der Waals surface area contributed by atoms with Crippen LogP contribution in [0.15, 0.2) is 53.9 Å². The van der Waals surface area contributed by atoms with E-state index >= 15 is 0 Å². The van der Waals surface area contributed by atoms with Crippen molar-refractivity contribution in [1.29, 1.82) is 5.26 Å². The van der Waals surface area contributed by atoms with Crippen LogP contribution in [-0.2, 0) is 0 Å². The lowest BCUT2D eigenvalue weighted by Crippen LogP contribution is -2.21. The highest BCUT2D eigenvalue weighted by Gasteiger charge is 2.31. The fraction of sp³-hybridized carbons (Fsp3) is 0.0625. The predicted molar refractivity (Wildman–Crippen MR) is 86.6 cm³/mol. The lowest BCUT2D eigenvalue weighted by molar-refractivity contribution is 0.388. The first-order chi connectivity index (χ1) is 10.1. The van der Waals surface area contributed by atoms with Crippen molar-refractivity contribution in [2.75, 3.05) is 0 Å².